The molecule has 1 aliphatic rings. The van der Waals surface area contributed by atoms with Crippen molar-refractivity contribution in [2.75, 3.05) is 18.4 Å². The maximum Gasteiger partial charge on any atom is 0.255 e. The third kappa shape index (κ3) is 5.02. The second kappa shape index (κ2) is 9.62. The van der Waals surface area contributed by atoms with Crippen molar-refractivity contribution in [1.82, 2.24) is 4.31 Å². The fraction of sp³-hybridized carbons (Fsp3) is 0.435. The average Bonchev–Trinajstić information content (AvgIpc) is 3.23. The number of rotatable bonds is 8. The number of hydrogen-bond acceptors (Lipinski definition) is 4. The molecule has 0 heterocycles. The largest absolute Gasteiger partial charge is 0.490 e. The molecule has 1 N–H and O–H groups in total. The van der Waals surface area contributed by atoms with Crippen LogP contribution in [0.25, 0.3) is 0 Å². The molecule has 0 radical (unpaired) electrons. The van der Waals surface area contributed by atoms with E-state index in [1.165, 1.54) is 23.2 Å². The van der Waals surface area contributed by atoms with Gasteiger partial charge in [0.25, 0.3) is 5.91 Å². The van der Waals surface area contributed by atoms with Crippen molar-refractivity contribution in [3.8, 4) is 5.75 Å². The van der Waals surface area contributed by atoms with Gasteiger partial charge < -0.3 is 10.1 Å². The molecule has 7 heteroatoms. The van der Waals surface area contributed by atoms with Gasteiger partial charge >= 0.3 is 0 Å². The minimum absolute atomic E-state index is 0.127. The molecule has 0 bridgehead atoms. The molecule has 2 aromatic carbocycles. The second-order valence-corrected chi connectivity index (χ2v) is 9.51. The lowest BCUT2D eigenvalue weighted by atomic mass is 10.1. The molecule has 0 unspecified atom stereocenters. The van der Waals surface area contributed by atoms with Gasteiger partial charge in [0, 0.05) is 24.3 Å². The summed E-state index contributed by atoms with van der Waals surface area (Å²) in [5.74, 6) is 0.456. The summed E-state index contributed by atoms with van der Waals surface area (Å²) >= 11 is 0. The van der Waals surface area contributed by atoms with Crippen LogP contribution in [0, 0.1) is 6.92 Å². The Labute approximate surface area is 179 Å². The number of hydrogen-bond donors (Lipinski definition) is 1. The van der Waals surface area contributed by atoms with Crippen LogP contribution < -0.4 is 10.1 Å². The van der Waals surface area contributed by atoms with Gasteiger partial charge in [0.05, 0.1) is 11.0 Å². The second-order valence-electron chi connectivity index (χ2n) is 7.57. The van der Waals surface area contributed by atoms with Gasteiger partial charge in [0.1, 0.15) is 5.75 Å². The fourth-order valence-electron chi connectivity index (χ4n) is 3.73. The van der Waals surface area contributed by atoms with Gasteiger partial charge in [-0.25, -0.2) is 8.42 Å². The Hall–Kier alpha value is -2.38. The Morgan fingerprint density at radius 3 is 2.30 bits per heavy atom. The van der Waals surface area contributed by atoms with Crippen LogP contribution in [0.2, 0.25) is 0 Å². The maximum atomic E-state index is 12.8. The van der Waals surface area contributed by atoms with Gasteiger partial charge in [0.15, 0.2) is 0 Å². The van der Waals surface area contributed by atoms with E-state index < -0.39 is 10.0 Å². The highest BCUT2D eigenvalue weighted by atomic mass is 32.2. The molecule has 6 nitrogen and oxygen atoms in total. The van der Waals surface area contributed by atoms with Gasteiger partial charge in [-0.3, -0.25) is 4.79 Å². The van der Waals surface area contributed by atoms with Crippen molar-refractivity contribution in [2.24, 2.45) is 0 Å². The van der Waals surface area contributed by atoms with Crippen molar-refractivity contribution in [3.05, 3.63) is 53.6 Å². The predicted octanol–water partition coefficient (Wildman–Crippen LogP) is 4.60. The van der Waals surface area contributed by atoms with Crippen LogP contribution in [-0.4, -0.2) is 37.8 Å². The minimum atomic E-state index is -3.63. The van der Waals surface area contributed by atoms with E-state index in [9.17, 15) is 13.2 Å². The first kappa shape index (κ1) is 22.3. The van der Waals surface area contributed by atoms with E-state index in [1.54, 1.807) is 45.0 Å². The van der Waals surface area contributed by atoms with Crippen LogP contribution in [0.5, 0.6) is 5.75 Å². The molecular formula is C23H30N2O4S. The van der Waals surface area contributed by atoms with Gasteiger partial charge in [0.2, 0.25) is 10.0 Å². The zero-order chi connectivity index (χ0) is 21.7. The van der Waals surface area contributed by atoms with Crippen LogP contribution in [0.1, 0.15) is 55.5 Å². The molecule has 1 aliphatic carbocycles. The first-order valence-electron chi connectivity index (χ1n) is 10.5. The lowest BCUT2D eigenvalue weighted by Gasteiger charge is -2.19. The number of aryl methyl sites for hydroxylation is 1. The number of sulfonamides is 1. The van der Waals surface area contributed by atoms with Crippen molar-refractivity contribution < 1.29 is 17.9 Å². The number of nitrogens with one attached hydrogen (secondary N) is 1. The zero-order valence-electron chi connectivity index (χ0n) is 17.8. The number of ether oxygens (including phenoxy) is 1. The summed E-state index contributed by atoms with van der Waals surface area (Å²) < 4.78 is 32.9. The number of anilines is 1. The predicted molar refractivity (Wildman–Crippen MR) is 119 cm³/mol. The van der Waals surface area contributed by atoms with E-state index in [4.69, 9.17) is 4.74 Å². The first-order valence-corrected chi connectivity index (χ1v) is 12.0. The maximum absolute atomic E-state index is 12.8. The van der Waals surface area contributed by atoms with Crippen LogP contribution in [0.4, 0.5) is 5.69 Å². The molecule has 0 atom stereocenters. The average molecular weight is 431 g/mol. The number of nitrogens with zero attached hydrogens (tertiary/aromatic N) is 1. The van der Waals surface area contributed by atoms with Crippen molar-refractivity contribution in [1.29, 1.82) is 0 Å². The van der Waals surface area contributed by atoms with E-state index in [1.807, 2.05) is 12.1 Å². The molecule has 1 fully saturated rings. The highest BCUT2D eigenvalue weighted by Crippen LogP contribution is 2.25. The van der Waals surface area contributed by atoms with Gasteiger partial charge in [-0.15, -0.1) is 0 Å². The number of carbonyl (C=O) groups excluding carboxylic acids is 1. The van der Waals surface area contributed by atoms with Crippen LogP contribution in [0.15, 0.2) is 47.4 Å². The Morgan fingerprint density at radius 2 is 1.70 bits per heavy atom. The molecule has 1 amide bonds. The molecule has 0 aliphatic heterocycles. The van der Waals surface area contributed by atoms with Crippen LogP contribution >= 0.6 is 0 Å². The fourth-order valence-corrected chi connectivity index (χ4v) is 5.22. The zero-order valence-corrected chi connectivity index (χ0v) is 18.7. The molecule has 0 aromatic heterocycles. The van der Waals surface area contributed by atoms with Crippen LogP contribution in [-0.2, 0) is 10.0 Å². The Kier molecular flexibility index (Phi) is 7.15. The molecule has 1 saturated carbocycles. The van der Waals surface area contributed by atoms with E-state index >= 15 is 0 Å². The summed E-state index contributed by atoms with van der Waals surface area (Å²) in [6, 6.07) is 12.0. The van der Waals surface area contributed by atoms with Crippen LogP contribution in [0.3, 0.4) is 0 Å². The summed E-state index contributed by atoms with van der Waals surface area (Å²) in [5.41, 5.74) is 1.69. The van der Waals surface area contributed by atoms with Gasteiger partial charge in [-0.1, -0.05) is 19.9 Å². The highest BCUT2D eigenvalue weighted by molar-refractivity contribution is 7.89. The molecule has 3 rings (SSSR count). The SMILES string of the molecule is CCN(CC)S(=O)(=O)c1ccc(C)c(C(=O)Nc2ccc(OC3CCCC3)cc2)c1. The van der Waals surface area contributed by atoms with Crippen molar-refractivity contribution in [3.63, 3.8) is 0 Å². The minimum Gasteiger partial charge on any atom is -0.490 e. The smallest absolute Gasteiger partial charge is 0.255 e. The van der Waals surface area contributed by atoms with E-state index in [0.717, 1.165) is 18.6 Å². The Morgan fingerprint density at radius 1 is 1.07 bits per heavy atom. The normalized spacial score (nSPS) is 14.8. The number of benzene rings is 2. The molecule has 162 valence electrons. The standard InChI is InChI=1S/C23H30N2O4S/c1-4-25(5-2)30(27,28)21-15-10-17(3)22(16-21)23(26)24-18-11-13-20(14-12-18)29-19-8-6-7-9-19/h10-16,19H,4-9H2,1-3H3,(H,24,26). The van der Waals surface area contributed by atoms with Gasteiger partial charge in [-0.05, 0) is 74.6 Å². The van der Waals surface area contributed by atoms with Crippen molar-refractivity contribution in [2.45, 2.75) is 57.5 Å². The van der Waals surface area contributed by atoms with Gasteiger partial charge in [-0.2, -0.15) is 4.31 Å². The van der Waals surface area contributed by atoms with E-state index in [-0.39, 0.29) is 16.9 Å². The molecule has 30 heavy (non-hydrogen) atoms. The first-order chi connectivity index (χ1) is 14.3. The van der Waals surface area contributed by atoms with E-state index in [2.05, 4.69) is 5.32 Å². The summed E-state index contributed by atoms with van der Waals surface area (Å²) in [6.07, 6.45) is 4.88. The quantitative estimate of drug-likeness (QED) is 0.664. The number of amides is 1. The Balaban J connectivity index is 1.75. The molecule has 0 saturated heterocycles. The highest BCUT2D eigenvalue weighted by Gasteiger charge is 2.23. The topological polar surface area (TPSA) is 75.7 Å². The lowest BCUT2D eigenvalue weighted by molar-refractivity contribution is 0.102. The summed E-state index contributed by atoms with van der Waals surface area (Å²) in [7, 11) is -3.63. The number of carbonyl (C=O) groups is 1. The molecule has 2 aromatic rings. The Bertz CT molecular complexity index is 977. The monoisotopic (exact) mass is 430 g/mol. The van der Waals surface area contributed by atoms with Crippen molar-refractivity contribution >= 4 is 21.6 Å². The lowest BCUT2D eigenvalue weighted by Crippen LogP contribution is -2.30. The third-order valence-corrected chi connectivity index (χ3v) is 7.56. The third-order valence-electron chi connectivity index (χ3n) is 5.51. The molecular weight excluding hydrogens is 400 g/mol. The summed E-state index contributed by atoms with van der Waals surface area (Å²) in [5, 5.41) is 2.85. The summed E-state index contributed by atoms with van der Waals surface area (Å²) in [6.45, 7) is 6.14. The summed E-state index contributed by atoms with van der Waals surface area (Å²) in [4.78, 5) is 13.0. The van der Waals surface area contributed by atoms with E-state index in [0.29, 0.717) is 29.9 Å². The molecule has 0 spiro atoms.